The van der Waals surface area contributed by atoms with Gasteiger partial charge in [-0.25, -0.2) is 21.6 Å². The molecule has 0 spiro atoms. The van der Waals surface area contributed by atoms with Crippen molar-refractivity contribution in [3.63, 3.8) is 0 Å². The topological polar surface area (TPSA) is 75.3 Å². The van der Waals surface area contributed by atoms with Crippen LogP contribution in [0.1, 0.15) is 10.4 Å². The van der Waals surface area contributed by atoms with E-state index < -0.39 is 38.3 Å². The first-order valence-electron chi connectivity index (χ1n) is 6.24. The van der Waals surface area contributed by atoms with Gasteiger partial charge in [-0.05, 0) is 30.3 Å². The van der Waals surface area contributed by atoms with Crippen LogP contribution in [0.5, 0.6) is 0 Å². The predicted molar refractivity (Wildman–Crippen MR) is 77.0 cm³/mol. The first-order chi connectivity index (χ1) is 10.8. The Bertz CT molecular complexity index is 870. The predicted octanol–water partition coefficient (Wildman–Crippen LogP) is 2.26. The van der Waals surface area contributed by atoms with Crippen LogP contribution in [0.2, 0.25) is 0 Å². The molecule has 2 aromatic rings. The minimum Gasteiger partial charge on any atom is -0.355 e. The first kappa shape index (κ1) is 16.8. The molecule has 0 heterocycles. The molecule has 2 N–H and O–H groups in total. The third kappa shape index (κ3) is 3.45. The van der Waals surface area contributed by atoms with Crippen molar-refractivity contribution in [2.24, 2.45) is 0 Å². The van der Waals surface area contributed by atoms with Crippen molar-refractivity contribution >= 4 is 21.6 Å². The monoisotopic (exact) mass is 344 g/mol. The second kappa shape index (κ2) is 6.29. The highest BCUT2D eigenvalue weighted by atomic mass is 32.2. The van der Waals surface area contributed by atoms with Crippen LogP contribution in [0.4, 0.5) is 18.9 Å². The fourth-order valence-corrected chi connectivity index (χ4v) is 2.91. The van der Waals surface area contributed by atoms with Gasteiger partial charge in [-0.3, -0.25) is 9.52 Å². The van der Waals surface area contributed by atoms with Gasteiger partial charge in [0, 0.05) is 18.3 Å². The Morgan fingerprint density at radius 2 is 1.74 bits per heavy atom. The zero-order valence-corrected chi connectivity index (χ0v) is 12.5. The number of benzene rings is 2. The van der Waals surface area contributed by atoms with Crippen LogP contribution >= 0.6 is 0 Å². The summed E-state index contributed by atoms with van der Waals surface area (Å²) in [6.45, 7) is 0. The number of anilines is 1. The molecular formula is C14H11F3N2O3S. The highest BCUT2D eigenvalue weighted by molar-refractivity contribution is 7.92. The maximum absolute atomic E-state index is 13.6. The van der Waals surface area contributed by atoms with Crippen LogP contribution in [0, 0.1) is 17.5 Å². The highest BCUT2D eigenvalue weighted by Crippen LogP contribution is 2.22. The van der Waals surface area contributed by atoms with Crippen molar-refractivity contribution in [3.8, 4) is 0 Å². The summed E-state index contributed by atoms with van der Waals surface area (Å²) < 4.78 is 65.9. The second-order valence-electron chi connectivity index (χ2n) is 4.44. The minimum absolute atomic E-state index is 0.0322. The van der Waals surface area contributed by atoms with Crippen LogP contribution < -0.4 is 10.0 Å². The maximum atomic E-state index is 13.6. The lowest BCUT2D eigenvalue weighted by Gasteiger charge is -2.10. The van der Waals surface area contributed by atoms with Gasteiger partial charge in [-0.15, -0.1) is 0 Å². The Morgan fingerprint density at radius 1 is 1.04 bits per heavy atom. The van der Waals surface area contributed by atoms with Crippen LogP contribution in [-0.2, 0) is 10.0 Å². The zero-order chi connectivity index (χ0) is 17.2. The molecule has 2 rings (SSSR count). The quantitative estimate of drug-likeness (QED) is 0.836. The van der Waals surface area contributed by atoms with E-state index in [0.717, 1.165) is 0 Å². The minimum atomic E-state index is -4.50. The maximum Gasteiger partial charge on any atom is 0.264 e. The van der Waals surface area contributed by atoms with E-state index in [4.69, 9.17) is 0 Å². The van der Waals surface area contributed by atoms with Crippen molar-refractivity contribution in [1.82, 2.24) is 5.32 Å². The van der Waals surface area contributed by atoms with Crippen molar-refractivity contribution in [2.75, 3.05) is 11.8 Å². The van der Waals surface area contributed by atoms with Crippen molar-refractivity contribution in [1.29, 1.82) is 0 Å². The summed E-state index contributed by atoms with van der Waals surface area (Å²) in [4.78, 5) is 10.5. The van der Waals surface area contributed by atoms with E-state index in [9.17, 15) is 26.4 Å². The molecular weight excluding hydrogens is 333 g/mol. The number of sulfonamides is 1. The molecule has 0 saturated heterocycles. The molecule has 5 nitrogen and oxygen atoms in total. The number of hydrogen-bond donors (Lipinski definition) is 2. The lowest BCUT2D eigenvalue weighted by Crippen LogP contribution is -2.19. The Morgan fingerprint density at radius 3 is 2.39 bits per heavy atom. The SMILES string of the molecule is CNC(=O)c1cccc(NS(=O)(=O)c2ccc(F)c(F)c2F)c1. The molecule has 0 fully saturated rings. The van der Waals surface area contributed by atoms with Gasteiger partial charge < -0.3 is 5.32 Å². The summed E-state index contributed by atoms with van der Waals surface area (Å²) in [5.74, 6) is -5.65. The third-order valence-corrected chi connectivity index (χ3v) is 4.29. The first-order valence-corrected chi connectivity index (χ1v) is 7.73. The highest BCUT2D eigenvalue weighted by Gasteiger charge is 2.24. The standard InChI is InChI=1S/C14H11F3N2O3S/c1-18-14(20)8-3-2-4-9(7-8)19-23(21,22)11-6-5-10(15)12(16)13(11)17/h2-7,19H,1H3,(H,18,20). The van der Waals surface area contributed by atoms with Gasteiger partial charge in [0.05, 0.1) is 0 Å². The molecule has 0 aliphatic rings. The zero-order valence-electron chi connectivity index (χ0n) is 11.7. The van der Waals surface area contributed by atoms with Crippen LogP contribution in [0.25, 0.3) is 0 Å². The van der Waals surface area contributed by atoms with Gasteiger partial charge in [-0.1, -0.05) is 6.07 Å². The van der Waals surface area contributed by atoms with Gasteiger partial charge in [0.2, 0.25) is 0 Å². The molecule has 0 saturated carbocycles. The van der Waals surface area contributed by atoms with E-state index in [-0.39, 0.29) is 11.3 Å². The number of carbonyl (C=O) groups excluding carboxylic acids is 1. The van der Waals surface area contributed by atoms with Gasteiger partial charge in [-0.2, -0.15) is 0 Å². The second-order valence-corrected chi connectivity index (χ2v) is 6.09. The Hall–Kier alpha value is -2.55. The summed E-state index contributed by atoms with van der Waals surface area (Å²) in [6, 6.07) is 6.50. The van der Waals surface area contributed by atoms with Crippen LogP contribution in [-0.4, -0.2) is 21.4 Å². The molecule has 0 aliphatic carbocycles. The van der Waals surface area contributed by atoms with E-state index in [0.29, 0.717) is 12.1 Å². The summed E-state index contributed by atoms with van der Waals surface area (Å²) in [6.07, 6.45) is 0. The molecule has 9 heteroatoms. The number of halogens is 3. The molecule has 0 aromatic heterocycles. The molecule has 2 aromatic carbocycles. The van der Waals surface area contributed by atoms with Gasteiger partial charge in [0.1, 0.15) is 4.90 Å². The Kier molecular flexibility index (Phi) is 4.60. The van der Waals surface area contributed by atoms with Crippen LogP contribution in [0.3, 0.4) is 0 Å². The summed E-state index contributed by atoms with van der Waals surface area (Å²) in [5, 5.41) is 2.36. The smallest absolute Gasteiger partial charge is 0.264 e. The van der Waals surface area contributed by atoms with E-state index >= 15 is 0 Å². The molecule has 1 amide bonds. The van der Waals surface area contributed by atoms with E-state index in [1.165, 1.54) is 31.3 Å². The normalized spacial score (nSPS) is 11.1. The number of amides is 1. The number of nitrogens with one attached hydrogen (secondary N) is 2. The number of hydrogen-bond acceptors (Lipinski definition) is 3. The van der Waals surface area contributed by atoms with E-state index in [1.54, 1.807) is 0 Å². The lowest BCUT2D eigenvalue weighted by molar-refractivity contribution is 0.0963. The Labute approximate surface area is 130 Å². The molecule has 0 atom stereocenters. The van der Waals surface area contributed by atoms with Crippen molar-refractivity contribution in [2.45, 2.75) is 4.90 Å². The van der Waals surface area contributed by atoms with Gasteiger partial charge in [0.15, 0.2) is 17.5 Å². The average molecular weight is 344 g/mol. The Balaban J connectivity index is 2.40. The molecule has 122 valence electrons. The number of rotatable bonds is 4. The molecule has 0 aliphatic heterocycles. The van der Waals surface area contributed by atoms with E-state index in [1.807, 2.05) is 4.72 Å². The van der Waals surface area contributed by atoms with Crippen LogP contribution in [0.15, 0.2) is 41.3 Å². The summed E-state index contributed by atoms with van der Waals surface area (Å²) in [7, 11) is -3.10. The summed E-state index contributed by atoms with van der Waals surface area (Å²) in [5.41, 5.74) is 0.133. The lowest BCUT2D eigenvalue weighted by atomic mass is 10.2. The number of carbonyl (C=O) groups is 1. The molecule has 23 heavy (non-hydrogen) atoms. The van der Waals surface area contributed by atoms with Crippen molar-refractivity contribution in [3.05, 3.63) is 59.4 Å². The van der Waals surface area contributed by atoms with Gasteiger partial charge in [0.25, 0.3) is 15.9 Å². The fraction of sp³-hybridized carbons (Fsp3) is 0.0714. The van der Waals surface area contributed by atoms with E-state index in [2.05, 4.69) is 5.32 Å². The molecule has 0 radical (unpaired) electrons. The average Bonchev–Trinajstić information content (AvgIpc) is 2.51. The summed E-state index contributed by atoms with van der Waals surface area (Å²) >= 11 is 0. The van der Waals surface area contributed by atoms with Gasteiger partial charge >= 0.3 is 0 Å². The molecule has 0 bridgehead atoms. The largest absolute Gasteiger partial charge is 0.355 e. The molecule has 0 unspecified atom stereocenters. The third-order valence-electron chi connectivity index (χ3n) is 2.89. The fourth-order valence-electron chi connectivity index (χ4n) is 1.79. The van der Waals surface area contributed by atoms with Crippen molar-refractivity contribution < 1.29 is 26.4 Å².